The number of aromatic nitrogens is 1. The Labute approximate surface area is 105 Å². The fourth-order valence-electron chi connectivity index (χ4n) is 2.03. The summed E-state index contributed by atoms with van der Waals surface area (Å²) in [4.78, 5) is 15.2. The van der Waals surface area contributed by atoms with Crippen molar-refractivity contribution in [3.63, 3.8) is 0 Å². The zero-order valence-electron chi connectivity index (χ0n) is 10.1. The number of benzene rings is 1. The van der Waals surface area contributed by atoms with Crippen molar-refractivity contribution in [3.8, 4) is 0 Å². The van der Waals surface area contributed by atoms with Gasteiger partial charge in [-0.1, -0.05) is 18.2 Å². The van der Waals surface area contributed by atoms with E-state index in [1.807, 2.05) is 24.3 Å². The average Bonchev–Trinajstić information content (AvgIpc) is 3.06. The van der Waals surface area contributed by atoms with Crippen LogP contribution in [0.2, 0.25) is 0 Å². The molecule has 1 aromatic carbocycles. The van der Waals surface area contributed by atoms with Crippen LogP contribution in [0.3, 0.4) is 0 Å². The molecule has 1 fully saturated rings. The highest BCUT2D eigenvalue weighted by Crippen LogP contribution is 2.39. The highest BCUT2D eigenvalue weighted by atomic mass is 16.4. The van der Waals surface area contributed by atoms with Gasteiger partial charge in [-0.25, -0.2) is 9.78 Å². The van der Waals surface area contributed by atoms with Crippen LogP contribution < -0.4 is 5.32 Å². The van der Waals surface area contributed by atoms with Crippen LogP contribution in [0, 0.1) is 0 Å². The van der Waals surface area contributed by atoms with Crippen LogP contribution in [0.15, 0.2) is 30.3 Å². The number of carboxylic acid groups (broad SMARTS) is 1. The molecule has 0 saturated heterocycles. The van der Waals surface area contributed by atoms with E-state index in [2.05, 4.69) is 17.2 Å². The summed E-state index contributed by atoms with van der Waals surface area (Å²) in [5, 5.41) is 13.5. The lowest BCUT2D eigenvalue weighted by molar-refractivity contribution is 0.0691. The van der Waals surface area contributed by atoms with E-state index in [9.17, 15) is 4.79 Å². The Hall–Kier alpha value is -2.10. The maximum atomic E-state index is 11.1. The summed E-state index contributed by atoms with van der Waals surface area (Å²) in [7, 11) is 0. The van der Waals surface area contributed by atoms with Gasteiger partial charge in [0.15, 0.2) is 5.69 Å². The van der Waals surface area contributed by atoms with E-state index in [1.165, 1.54) is 0 Å². The molecule has 1 saturated carbocycles. The molecule has 1 aliphatic carbocycles. The van der Waals surface area contributed by atoms with Crippen LogP contribution in [0.5, 0.6) is 0 Å². The standard InChI is InChI=1S/C14H14N2O2/c1-14(6-7-14)16-11-8-12(13(17)18)15-10-5-3-2-4-9(10)11/h2-5,8H,6-7H2,1H3,(H,15,16)(H,17,18). The Kier molecular flexibility index (Phi) is 2.26. The predicted molar refractivity (Wildman–Crippen MR) is 70.0 cm³/mol. The number of carbonyl (C=O) groups is 1. The van der Waals surface area contributed by atoms with Gasteiger partial charge in [-0.2, -0.15) is 0 Å². The third-order valence-corrected chi connectivity index (χ3v) is 3.37. The highest BCUT2D eigenvalue weighted by Gasteiger charge is 2.37. The number of hydrogen-bond donors (Lipinski definition) is 2. The second kappa shape index (κ2) is 3.70. The van der Waals surface area contributed by atoms with Crippen LogP contribution in [-0.2, 0) is 0 Å². The van der Waals surface area contributed by atoms with Crippen molar-refractivity contribution < 1.29 is 9.90 Å². The highest BCUT2D eigenvalue weighted by molar-refractivity contribution is 5.97. The lowest BCUT2D eigenvalue weighted by Crippen LogP contribution is -2.17. The molecule has 4 nitrogen and oxygen atoms in total. The molecular formula is C14H14N2O2. The van der Waals surface area contributed by atoms with Crippen LogP contribution in [0.4, 0.5) is 5.69 Å². The molecule has 0 unspecified atom stereocenters. The smallest absolute Gasteiger partial charge is 0.354 e. The zero-order chi connectivity index (χ0) is 12.8. The number of anilines is 1. The van der Waals surface area contributed by atoms with Gasteiger partial charge in [0.05, 0.1) is 5.52 Å². The lowest BCUT2D eigenvalue weighted by Gasteiger charge is -2.15. The molecule has 0 aliphatic heterocycles. The number of hydrogen-bond acceptors (Lipinski definition) is 3. The molecule has 3 rings (SSSR count). The molecule has 0 amide bonds. The van der Waals surface area contributed by atoms with Gasteiger partial charge in [-0.15, -0.1) is 0 Å². The first-order chi connectivity index (χ1) is 8.57. The first kappa shape index (κ1) is 11.0. The number of para-hydroxylation sites is 1. The minimum Gasteiger partial charge on any atom is -0.477 e. The minimum atomic E-state index is -0.996. The number of nitrogens with one attached hydrogen (secondary N) is 1. The average molecular weight is 242 g/mol. The van der Waals surface area contributed by atoms with Crippen molar-refractivity contribution in [2.75, 3.05) is 5.32 Å². The van der Waals surface area contributed by atoms with E-state index in [0.717, 1.165) is 23.9 Å². The Morgan fingerprint density at radius 1 is 1.39 bits per heavy atom. The van der Waals surface area contributed by atoms with E-state index >= 15 is 0 Å². The zero-order valence-corrected chi connectivity index (χ0v) is 10.1. The van der Waals surface area contributed by atoms with Crippen LogP contribution in [0.25, 0.3) is 10.9 Å². The SMILES string of the molecule is CC1(Nc2cc(C(=O)O)nc3ccccc23)CC1. The molecule has 1 aromatic heterocycles. The van der Waals surface area contributed by atoms with Crippen molar-refractivity contribution in [1.82, 2.24) is 4.98 Å². The molecule has 18 heavy (non-hydrogen) atoms. The lowest BCUT2D eigenvalue weighted by atomic mass is 10.1. The summed E-state index contributed by atoms with van der Waals surface area (Å²) in [6.45, 7) is 2.14. The fraction of sp³-hybridized carbons (Fsp3) is 0.286. The van der Waals surface area contributed by atoms with E-state index in [-0.39, 0.29) is 11.2 Å². The van der Waals surface area contributed by atoms with Crippen molar-refractivity contribution in [2.24, 2.45) is 0 Å². The molecule has 4 heteroatoms. The van der Waals surface area contributed by atoms with Gasteiger partial charge in [0.25, 0.3) is 0 Å². The van der Waals surface area contributed by atoms with Crippen molar-refractivity contribution in [1.29, 1.82) is 0 Å². The number of nitrogens with zero attached hydrogens (tertiary/aromatic N) is 1. The molecule has 0 atom stereocenters. The van der Waals surface area contributed by atoms with Gasteiger partial charge >= 0.3 is 5.97 Å². The van der Waals surface area contributed by atoms with Gasteiger partial charge in [0.2, 0.25) is 0 Å². The largest absolute Gasteiger partial charge is 0.477 e. The van der Waals surface area contributed by atoms with E-state index in [4.69, 9.17) is 5.11 Å². The number of aromatic carboxylic acids is 1. The number of fused-ring (bicyclic) bond motifs is 1. The summed E-state index contributed by atoms with van der Waals surface area (Å²) in [6.07, 6.45) is 2.23. The summed E-state index contributed by atoms with van der Waals surface area (Å²) >= 11 is 0. The maximum absolute atomic E-state index is 11.1. The molecule has 0 bridgehead atoms. The summed E-state index contributed by atoms with van der Waals surface area (Å²) in [5.74, 6) is -0.996. The topological polar surface area (TPSA) is 62.2 Å². The van der Waals surface area contributed by atoms with E-state index in [1.54, 1.807) is 6.07 Å². The maximum Gasteiger partial charge on any atom is 0.354 e. The van der Waals surface area contributed by atoms with Gasteiger partial charge in [0.1, 0.15) is 0 Å². The number of carboxylic acids is 1. The molecule has 0 spiro atoms. The quantitative estimate of drug-likeness (QED) is 0.868. The molecule has 0 radical (unpaired) electrons. The monoisotopic (exact) mass is 242 g/mol. The number of rotatable bonds is 3. The van der Waals surface area contributed by atoms with Gasteiger partial charge < -0.3 is 10.4 Å². The Morgan fingerprint density at radius 2 is 2.11 bits per heavy atom. The first-order valence-corrected chi connectivity index (χ1v) is 5.99. The summed E-state index contributed by atoms with van der Waals surface area (Å²) in [5.41, 5.74) is 1.77. The molecule has 2 aromatic rings. The third-order valence-electron chi connectivity index (χ3n) is 3.37. The minimum absolute atomic E-state index is 0.0837. The Morgan fingerprint density at radius 3 is 2.78 bits per heavy atom. The van der Waals surface area contributed by atoms with Crippen LogP contribution in [-0.4, -0.2) is 21.6 Å². The Balaban J connectivity index is 2.16. The Bertz CT molecular complexity index is 633. The van der Waals surface area contributed by atoms with Gasteiger partial charge in [0, 0.05) is 16.6 Å². The van der Waals surface area contributed by atoms with Gasteiger partial charge in [-0.3, -0.25) is 0 Å². The van der Waals surface area contributed by atoms with E-state index < -0.39 is 5.97 Å². The normalized spacial score (nSPS) is 16.5. The summed E-state index contributed by atoms with van der Waals surface area (Å²) in [6, 6.07) is 9.22. The molecule has 92 valence electrons. The number of pyridine rings is 1. The predicted octanol–water partition coefficient (Wildman–Crippen LogP) is 2.90. The van der Waals surface area contributed by atoms with Crippen LogP contribution >= 0.6 is 0 Å². The van der Waals surface area contributed by atoms with Crippen molar-refractivity contribution in [2.45, 2.75) is 25.3 Å². The van der Waals surface area contributed by atoms with Gasteiger partial charge in [-0.05, 0) is 31.9 Å². The third kappa shape index (κ3) is 1.90. The molecule has 2 N–H and O–H groups in total. The second-order valence-electron chi connectivity index (χ2n) is 5.06. The first-order valence-electron chi connectivity index (χ1n) is 5.99. The summed E-state index contributed by atoms with van der Waals surface area (Å²) < 4.78 is 0. The second-order valence-corrected chi connectivity index (χ2v) is 5.06. The van der Waals surface area contributed by atoms with Crippen molar-refractivity contribution in [3.05, 3.63) is 36.0 Å². The van der Waals surface area contributed by atoms with E-state index in [0.29, 0.717) is 5.52 Å². The fourth-order valence-corrected chi connectivity index (χ4v) is 2.03. The molecule has 1 aliphatic rings. The van der Waals surface area contributed by atoms with Crippen molar-refractivity contribution >= 4 is 22.6 Å². The molecule has 1 heterocycles. The van der Waals surface area contributed by atoms with Crippen LogP contribution in [0.1, 0.15) is 30.3 Å². The molecular weight excluding hydrogens is 228 g/mol.